The van der Waals surface area contributed by atoms with Crippen molar-refractivity contribution in [3.05, 3.63) is 27.8 Å². The van der Waals surface area contributed by atoms with Gasteiger partial charge in [-0.15, -0.1) is 0 Å². The Balaban J connectivity index is 3.50. The molecule has 0 atom stereocenters. The summed E-state index contributed by atoms with van der Waals surface area (Å²) < 4.78 is 2.03. The van der Waals surface area contributed by atoms with Crippen molar-refractivity contribution in [2.24, 2.45) is 0 Å². The summed E-state index contributed by atoms with van der Waals surface area (Å²) in [6, 6.07) is 3.66. The van der Waals surface area contributed by atoms with Crippen LogP contribution in [0.5, 0.6) is 0 Å². The molecule has 0 bridgehead atoms. The molecule has 0 saturated carbocycles. The summed E-state index contributed by atoms with van der Waals surface area (Å²) in [4.78, 5) is 0. The number of nitrogens with zero attached hydrogens (tertiary/aromatic N) is 1. The number of nitrogen functional groups attached to an aromatic ring is 1. The average molecular weight is 202 g/mol. The van der Waals surface area contributed by atoms with Gasteiger partial charge in [-0.2, -0.15) is 0 Å². The van der Waals surface area contributed by atoms with Gasteiger partial charge in [0.2, 0.25) is 0 Å². The van der Waals surface area contributed by atoms with Crippen LogP contribution in [-0.2, 0) is 0 Å². The van der Waals surface area contributed by atoms with E-state index in [4.69, 9.17) is 11.3 Å². The normalized spacial score (nSPS) is 9.80. The highest BCUT2D eigenvalue weighted by molar-refractivity contribution is 9.10. The summed E-state index contributed by atoms with van der Waals surface area (Å²) in [7, 11) is 0. The molecule has 4 heteroatoms. The molecule has 0 saturated heterocycles. The van der Waals surface area contributed by atoms with E-state index in [0.717, 1.165) is 5.69 Å². The van der Waals surface area contributed by atoms with Crippen LogP contribution in [-0.4, -0.2) is 4.68 Å². The summed E-state index contributed by atoms with van der Waals surface area (Å²) in [6.45, 7) is 1.85. The van der Waals surface area contributed by atoms with Crippen molar-refractivity contribution < 1.29 is 0 Å². The van der Waals surface area contributed by atoms with Gasteiger partial charge < -0.3 is 5.84 Å². The Bertz CT molecular complexity index is 302. The highest BCUT2D eigenvalue weighted by atomic mass is 79.9. The smallest absolute Gasteiger partial charge is 0.158 e. The molecule has 0 aliphatic carbocycles. The third-order valence-electron chi connectivity index (χ3n) is 1.32. The van der Waals surface area contributed by atoms with Gasteiger partial charge in [0.15, 0.2) is 5.49 Å². The second-order valence-electron chi connectivity index (χ2n) is 2.04. The van der Waals surface area contributed by atoms with E-state index in [1.807, 2.05) is 13.0 Å². The van der Waals surface area contributed by atoms with Crippen LogP contribution in [0.3, 0.4) is 0 Å². The van der Waals surface area contributed by atoms with Gasteiger partial charge in [-0.3, -0.25) is 5.41 Å². The van der Waals surface area contributed by atoms with Crippen molar-refractivity contribution in [1.82, 2.24) is 4.68 Å². The highest BCUT2D eigenvalue weighted by Gasteiger charge is 1.94. The Morgan fingerprint density at radius 1 is 1.60 bits per heavy atom. The van der Waals surface area contributed by atoms with Crippen LogP contribution in [0.1, 0.15) is 5.69 Å². The quantitative estimate of drug-likeness (QED) is 0.599. The Hall–Kier alpha value is -0.770. The molecule has 1 aromatic rings. The maximum Gasteiger partial charge on any atom is 0.158 e. The molecular weight excluding hydrogens is 194 g/mol. The van der Waals surface area contributed by atoms with Crippen LogP contribution in [0.4, 0.5) is 0 Å². The molecule has 10 heavy (non-hydrogen) atoms. The second-order valence-corrected chi connectivity index (χ2v) is 2.90. The van der Waals surface area contributed by atoms with E-state index in [1.165, 1.54) is 4.68 Å². The fraction of sp³-hybridized carbons (Fsp3) is 0.167. The van der Waals surface area contributed by atoms with Crippen molar-refractivity contribution in [2.45, 2.75) is 6.92 Å². The Kier molecular flexibility index (Phi) is 1.80. The lowest BCUT2D eigenvalue weighted by molar-refractivity contribution is 0.832. The standard InChI is InChI=1S/C6H8BrN3/c1-4-2-3-5(7)6(8)10(4)9/h2-3,8H,9H2,1H3. The Morgan fingerprint density at radius 3 is 2.70 bits per heavy atom. The fourth-order valence-corrected chi connectivity index (χ4v) is 0.968. The SMILES string of the molecule is Cc1ccc(Br)c(=N)n1N. The van der Waals surface area contributed by atoms with Crippen LogP contribution in [0.15, 0.2) is 16.6 Å². The van der Waals surface area contributed by atoms with Crippen molar-refractivity contribution in [2.75, 3.05) is 5.84 Å². The zero-order valence-electron chi connectivity index (χ0n) is 5.56. The first kappa shape index (κ1) is 7.34. The monoisotopic (exact) mass is 201 g/mol. The van der Waals surface area contributed by atoms with Gasteiger partial charge >= 0.3 is 0 Å². The number of hydrogen-bond acceptors (Lipinski definition) is 2. The van der Waals surface area contributed by atoms with Gasteiger partial charge in [-0.25, -0.2) is 4.68 Å². The van der Waals surface area contributed by atoms with Crippen molar-refractivity contribution >= 4 is 15.9 Å². The van der Waals surface area contributed by atoms with Gasteiger partial charge in [0.1, 0.15) is 0 Å². The maximum atomic E-state index is 7.38. The third-order valence-corrected chi connectivity index (χ3v) is 1.96. The van der Waals surface area contributed by atoms with Crippen LogP contribution < -0.4 is 11.3 Å². The number of pyridine rings is 1. The summed E-state index contributed by atoms with van der Waals surface area (Å²) in [5, 5.41) is 7.38. The molecule has 3 N–H and O–H groups in total. The second kappa shape index (κ2) is 2.46. The first-order valence-electron chi connectivity index (χ1n) is 2.81. The van der Waals surface area contributed by atoms with Crippen LogP contribution in [0.2, 0.25) is 0 Å². The van der Waals surface area contributed by atoms with Gasteiger partial charge in [-0.05, 0) is 35.0 Å². The predicted octanol–water partition coefficient (Wildman–Crippen LogP) is 0.752. The van der Waals surface area contributed by atoms with Crippen LogP contribution >= 0.6 is 15.9 Å². The first-order valence-corrected chi connectivity index (χ1v) is 3.60. The number of halogens is 1. The molecule has 0 amide bonds. The summed E-state index contributed by atoms with van der Waals surface area (Å²) in [6.07, 6.45) is 0. The lowest BCUT2D eigenvalue weighted by Gasteiger charge is -2.03. The minimum Gasteiger partial charge on any atom is -0.338 e. The van der Waals surface area contributed by atoms with E-state index in [0.29, 0.717) is 9.96 Å². The summed E-state index contributed by atoms with van der Waals surface area (Å²) in [5.41, 5.74) is 1.16. The molecule has 0 fully saturated rings. The molecule has 3 nitrogen and oxygen atoms in total. The number of rotatable bonds is 0. The zero-order valence-corrected chi connectivity index (χ0v) is 7.14. The number of aryl methyl sites for hydroxylation is 1. The summed E-state index contributed by atoms with van der Waals surface area (Å²) >= 11 is 3.19. The van der Waals surface area contributed by atoms with E-state index in [2.05, 4.69) is 15.9 Å². The molecule has 0 spiro atoms. The molecule has 1 aromatic heterocycles. The Labute approximate surface area is 67.1 Å². The molecule has 0 aliphatic rings. The van der Waals surface area contributed by atoms with Crippen LogP contribution in [0.25, 0.3) is 0 Å². The van der Waals surface area contributed by atoms with Crippen molar-refractivity contribution in [1.29, 1.82) is 5.41 Å². The fourth-order valence-electron chi connectivity index (χ4n) is 0.644. The Morgan fingerprint density at radius 2 is 2.20 bits per heavy atom. The first-order chi connectivity index (χ1) is 4.63. The molecular formula is C6H8BrN3. The lowest BCUT2D eigenvalue weighted by atomic mass is 10.4. The van der Waals surface area contributed by atoms with Gasteiger partial charge in [-0.1, -0.05) is 0 Å². The highest BCUT2D eigenvalue weighted by Crippen LogP contribution is 2.01. The number of aromatic nitrogens is 1. The molecule has 0 radical (unpaired) electrons. The number of nitrogens with two attached hydrogens (primary N) is 1. The van der Waals surface area contributed by atoms with E-state index in [-0.39, 0.29) is 0 Å². The maximum absolute atomic E-state index is 7.38. The average Bonchev–Trinajstić information content (AvgIpc) is 1.93. The zero-order chi connectivity index (χ0) is 7.72. The number of nitrogens with one attached hydrogen (secondary N) is 1. The van der Waals surface area contributed by atoms with E-state index in [1.54, 1.807) is 6.07 Å². The molecule has 1 rings (SSSR count). The van der Waals surface area contributed by atoms with Gasteiger partial charge in [0, 0.05) is 5.69 Å². The lowest BCUT2D eigenvalue weighted by Crippen LogP contribution is -2.29. The minimum absolute atomic E-state index is 0.292. The third kappa shape index (κ3) is 1.07. The van der Waals surface area contributed by atoms with E-state index < -0.39 is 0 Å². The molecule has 0 aliphatic heterocycles. The van der Waals surface area contributed by atoms with Crippen molar-refractivity contribution in [3.8, 4) is 0 Å². The molecule has 0 unspecified atom stereocenters. The molecule has 1 heterocycles. The van der Waals surface area contributed by atoms with Gasteiger partial charge in [0.25, 0.3) is 0 Å². The predicted molar refractivity (Wildman–Crippen MR) is 42.9 cm³/mol. The van der Waals surface area contributed by atoms with Crippen LogP contribution in [0, 0.1) is 12.3 Å². The number of hydrogen-bond donors (Lipinski definition) is 2. The summed E-state index contributed by atoms with van der Waals surface area (Å²) in [5.74, 6) is 5.48. The minimum atomic E-state index is 0.292. The van der Waals surface area contributed by atoms with E-state index >= 15 is 0 Å². The largest absolute Gasteiger partial charge is 0.338 e. The topological polar surface area (TPSA) is 54.8 Å². The molecule has 54 valence electrons. The van der Waals surface area contributed by atoms with Crippen molar-refractivity contribution in [3.63, 3.8) is 0 Å². The molecule has 0 aromatic carbocycles. The van der Waals surface area contributed by atoms with E-state index in [9.17, 15) is 0 Å². The van der Waals surface area contributed by atoms with Gasteiger partial charge in [0.05, 0.1) is 4.47 Å².